The zero-order valence-electron chi connectivity index (χ0n) is 7.68. The Bertz CT molecular complexity index is 69.1. The minimum absolute atomic E-state index is 0. The van der Waals surface area contributed by atoms with Gasteiger partial charge in [0.1, 0.15) is 0 Å². The van der Waals surface area contributed by atoms with Gasteiger partial charge in [0.2, 0.25) is 0 Å². The average molecular weight is 233 g/mol. The summed E-state index contributed by atoms with van der Waals surface area (Å²) in [4.78, 5) is 2.12. The van der Waals surface area contributed by atoms with Gasteiger partial charge < -0.3 is 16.6 Å². The van der Waals surface area contributed by atoms with Crippen molar-refractivity contribution in [2.45, 2.75) is 12.8 Å². The first kappa shape index (κ1) is 14.5. The fourth-order valence-electron chi connectivity index (χ4n) is 0.553. The van der Waals surface area contributed by atoms with Crippen molar-refractivity contribution in [2.75, 3.05) is 33.9 Å². The predicted molar refractivity (Wildman–Crippen MR) is 44.0 cm³/mol. The van der Waals surface area contributed by atoms with Gasteiger partial charge in [-0.25, -0.2) is 0 Å². The number of hydrogen-bond donors (Lipinski definition) is 0. The Morgan fingerprint density at radius 3 is 2.36 bits per heavy atom. The summed E-state index contributed by atoms with van der Waals surface area (Å²) in [7, 11) is 4.09. The largest absolute Gasteiger partial charge is 3.00 e. The second-order valence-electron chi connectivity index (χ2n) is 2.62. The Balaban J connectivity index is 0. The van der Waals surface area contributed by atoms with Gasteiger partial charge in [-0.2, -0.15) is 6.42 Å². The molecule has 0 heterocycles. The quantitative estimate of drug-likeness (QED) is 0.504. The third-order valence-electron chi connectivity index (χ3n) is 1.22. The summed E-state index contributed by atoms with van der Waals surface area (Å²) in [5, 5.41) is 0. The fourth-order valence-corrected chi connectivity index (χ4v) is 0.553. The van der Waals surface area contributed by atoms with Crippen LogP contribution in [-0.2, 0) is 37.4 Å². The molecule has 0 aliphatic heterocycles. The van der Waals surface area contributed by atoms with Crippen LogP contribution in [0.25, 0.3) is 0 Å². The van der Waals surface area contributed by atoms with E-state index in [1.54, 1.807) is 0 Å². The van der Waals surface area contributed by atoms with E-state index in [1.165, 1.54) is 0 Å². The molecule has 2 nitrogen and oxygen atoms in total. The van der Waals surface area contributed by atoms with Gasteiger partial charge in [0.05, 0.1) is 6.61 Å². The first-order valence-corrected chi connectivity index (χ1v) is 3.79. The van der Waals surface area contributed by atoms with Crippen molar-refractivity contribution >= 4 is 0 Å². The van der Waals surface area contributed by atoms with Crippen LogP contribution in [0.1, 0.15) is 12.8 Å². The molecule has 0 radical (unpaired) electrons. The topological polar surface area (TPSA) is 12.5 Å². The van der Waals surface area contributed by atoms with E-state index in [0.717, 1.165) is 32.6 Å². The SMILES string of the molecule is [CH2-]CCCOCCN(C)C.[Y+3]. The summed E-state index contributed by atoms with van der Waals surface area (Å²) in [5.41, 5.74) is 0. The third-order valence-corrected chi connectivity index (χ3v) is 1.22. The van der Waals surface area contributed by atoms with Gasteiger partial charge in [-0.3, -0.25) is 0 Å². The molecule has 0 rings (SSSR count). The normalized spacial score (nSPS) is 9.82. The molecule has 0 atom stereocenters. The van der Waals surface area contributed by atoms with Gasteiger partial charge >= 0.3 is 32.7 Å². The zero-order chi connectivity index (χ0) is 7.82. The van der Waals surface area contributed by atoms with Crippen molar-refractivity contribution in [1.82, 2.24) is 4.90 Å². The molecule has 0 aromatic heterocycles. The molecule has 3 heteroatoms. The average Bonchev–Trinajstić information content (AvgIpc) is 1.87. The Morgan fingerprint density at radius 2 is 1.91 bits per heavy atom. The molecule has 0 aliphatic carbocycles. The molecule has 0 aliphatic rings. The van der Waals surface area contributed by atoms with Crippen molar-refractivity contribution in [3.63, 3.8) is 0 Å². The van der Waals surface area contributed by atoms with Crippen LogP contribution in [0.2, 0.25) is 0 Å². The van der Waals surface area contributed by atoms with Gasteiger partial charge in [-0.15, -0.1) is 0 Å². The van der Waals surface area contributed by atoms with Crippen molar-refractivity contribution in [2.24, 2.45) is 0 Å². The van der Waals surface area contributed by atoms with Gasteiger partial charge in [-0.1, -0.05) is 6.42 Å². The molecule has 0 spiro atoms. The second kappa shape index (κ2) is 11.0. The summed E-state index contributed by atoms with van der Waals surface area (Å²) in [6, 6.07) is 0. The fraction of sp³-hybridized carbons (Fsp3) is 0.875. The van der Waals surface area contributed by atoms with Gasteiger partial charge in [0.15, 0.2) is 0 Å². The van der Waals surface area contributed by atoms with E-state index < -0.39 is 0 Å². The number of ether oxygens (including phenoxy) is 1. The van der Waals surface area contributed by atoms with Crippen LogP contribution in [0, 0.1) is 6.92 Å². The molecule has 0 amide bonds. The van der Waals surface area contributed by atoms with Crippen LogP contribution in [-0.4, -0.2) is 38.8 Å². The first-order chi connectivity index (χ1) is 4.77. The molecule has 0 N–H and O–H groups in total. The van der Waals surface area contributed by atoms with Gasteiger partial charge in [-0.05, 0) is 14.1 Å². The van der Waals surface area contributed by atoms with Crippen LogP contribution in [0.15, 0.2) is 0 Å². The molecule has 0 aromatic rings. The minimum atomic E-state index is 0. The molecule has 62 valence electrons. The maximum absolute atomic E-state index is 5.30. The van der Waals surface area contributed by atoms with Crippen LogP contribution < -0.4 is 0 Å². The summed E-state index contributed by atoms with van der Waals surface area (Å²) >= 11 is 0. The summed E-state index contributed by atoms with van der Waals surface area (Å²) in [5.74, 6) is 0. The number of hydrogen-bond acceptors (Lipinski definition) is 2. The maximum Gasteiger partial charge on any atom is 3.00 e. The number of rotatable bonds is 6. The minimum Gasteiger partial charge on any atom is -0.380 e. The van der Waals surface area contributed by atoms with Crippen LogP contribution >= 0.6 is 0 Å². The zero-order valence-corrected chi connectivity index (χ0v) is 10.5. The third kappa shape index (κ3) is 13.9. The van der Waals surface area contributed by atoms with Crippen molar-refractivity contribution in [3.05, 3.63) is 6.92 Å². The Labute approximate surface area is 95.6 Å². The summed E-state index contributed by atoms with van der Waals surface area (Å²) in [6.07, 6.45) is 2.05. The molecule has 0 saturated carbocycles. The van der Waals surface area contributed by atoms with Crippen LogP contribution in [0.3, 0.4) is 0 Å². The number of unbranched alkanes of at least 4 members (excludes halogenated alkanes) is 1. The van der Waals surface area contributed by atoms with Crippen LogP contribution in [0.5, 0.6) is 0 Å². The molecular weight excluding hydrogens is 215 g/mol. The van der Waals surface area contributed by atoms with E-state index in [9.17, 15) is 0 Å². The molecule has 11 heavy (non-hydrogen) atoms. The number of nitrogens with zero attached hydrogens (tertiary/aromatic N) is 1. The Morgan fingerprint density at radius 1 is 1.27 bits per heavy atom. The summed E-state index contributed by atoms with van der Waals surface area (Å²) < 4.78 is 5.30. The van der Waals surface area contributed by atoms with Crippen molar-refractivity contribution in [3.8, 4) is 0 Å². The van der Waals surface area contributed by atoms with E-state index in [1.807, 2.05) is 14.1 Å². The molecule has 0 aromatic carbocycles. The summed E-state index contributed by atoms with van der Waals surface area (Å²) in [6.45, 7) is 6.44. The molecular formula is C8H18NOY+2. The molecule has 0 unspecified atom stereocenters. The van der Waals surface area contributed by atoms with E-state index in [2.05, 4.69) is 11.8 Å². The predicted octanol–water partition coefficient (Wildman–Crippen LogP) is 1.18. The first-order valence-electron chi connectivity index (χ1n) is 3.79. The van der Waals surface area contributed by atoms with Crippen molar-refractivity contribution in [1.29, 1.82) is 0 Å². The Hall–Kier alpha value is 1.02. The smallest absolute Gasteiger partial charge is 0.380 e. The Kier molecular flexibility index (Phi) is 14.6. The van der Waals surface area contributed by atoms with Crippen LogP contribution in [0.4, 0.5) is 0 Å². The molecule has 0 bridgehead atoms. The van der Waals surface area contributed by atoms with Crippen molar-refractivity contribution < 1.29 is 37.4 Å². The molecule has 0 fully saturated rings. The molecule has 0 saturated heterocycles. The monoisotopic (exact) mass is 233 g/mol. The van der Waals surface area contributed by atoms with Gasteiger partial charge in [0, 0.05) is 13.2 Å². The van der Waals surface area contributed by atoms with E-state index in [0.29, 0.717) is 0 Å². The maximum atomic E-state index is 5.30. The van der Waals surface area contributed by atoms with Gasteiger partial charge in [0.25, 0.3) is 0 Å². The van der Waals surface area contributed by atoms with E-state index >= 15 is 0 Å². The second-order valence-corrected chi connectivity index (χ2v) is 2.62. The van der Waals surface area contributed by atoms with E-state index in [-0.39, 0.29) is 32.7 Å². The standard InChI is InChI=1S/C8H18NO.Y/c1-4-5-7-10-8-6-9(2)3;/h1,4-8H2,2-3H3;/q-1;+3. The number of likely N-dealkylation sites (N-methyl/N-ethyl adjacent to an activating group) is 1. The van der Waals surface area contributed by atoms with E-state index in [4.69, 9.17) is 4.74 Å².